The van der Waals surface area contributed by atoms with Gasteiger partial charge >= 0.3 is 0 Å². The van der Waals surface area contributed by atoms with Gasteiger partial charge in [0.15, 0.2) is 11.5 Å². The van der Waals surface area contributed by atoms with Gasteiger partial charge in [-0.15, -0.1) is 0 Å². The van der Waals surface area contributed by atoms with E-state index in [-0.39, 0.29) is 11.9 Å². The van der Waals surface area contributed by atoms with Crippen molar-refractivity contribution in [2.24, 2.45) is 5.92 Å². The summed E-state index contributed by atoms with van der Waals surface area (Å²) in [4.78, 5) is 16.0. The first-order chi connectivity index (χ1) is 11.6. The van der Waals surface area contributed by atoms with Crippen molar-refractivity contribution in [3.63, 3.8) is 0 Å². The molecule has 1 aromatic heterocycles. The minimum atomic E-state index is -0.199. The predicted molar refractivity (Wildman–Crippen MR) is 89.4 cm³/mol. The molecule has 0 saturated heterocycles. The second kappa shape index (κ2) is 6.90. The third kappa shape index (κ3) is 3.34. The standard InChI is InChI=1S/C17H22N4O3/c1-4-23-15-7-12(5-6-14(15)24-9-11(2)3)13-8-16(22)20-17-18-10-19-21(13)17/h5-7,10-11,13H,4,8-9H2,1-3H3,(H,18,19,20,22)/t13-/m1/s1. The number of nitrogens with zero attached hydrogens (tertiary/aromatic N) is 3. The van der Waals surface area contributed by atoms with E-state index in [1.165, 1.54) is 6.33 Å². The molecular weight excluding hydrogens is 308 g/mol. The van der Waals surface area contributed by atoms with Gasteiger partial charge in [-0.25, -0.2) is 4.68 Å². The summed E-state index contributed by atoms with van der Waals surface area (Å²) in [6.07, 6.45) is 1.76. The molecule has 7 heteroatoms. The second-order valence-corrected chi connectivity index (χ2v) is 6.14. The molecule has 2 heterocycles. The molecule has 1 atom stereocenters. The maximum absolute atomic E-state index is 11.9. The molecule has 0 aliphatic carbocycles. The lowest BCUT2D eigenvalue weighted by atomic mass is 10.0. The van der Waals surface area contributed by atoms with E-state index in [0.29, 0.717) is 43.0 Å². The van der Waals surface area contributed by atoms with Gasteiger partial charge in [0.2, 0.25) is 11.9 Å². The van der Waals surface area contributed by atoms with E-state index >= 15 is 0 Å². The molecule has 1 amide bonds. The van der Waals surface area contributed by atoms with Crippen LogP contribution in [0.3, 0.4) is 0 Å². The Morgan fingerprint density at radius 3 is 2.92 bits per heavy atom. The van der Waals surface area contributed by atoms with Crippen LogP contribution in [0, 0.1) is 5.92 Å². The third-order valence-corrected chi connectivity index (χ3v) is 3.72. The van der Waals surface area contributed by atoms with Gasteiger partial charge < -0.3 is 9.47 Å². The van der Waals surface area contributed by atoms with Gasteiger partial charge in [-0.3, -0.25) is 10.1 Å². The Labute approximate surface area is 141 Å². The molecular formula is C17H22N4O3. The molecule has 1 aliphatic heterocycles. The molecule has 24 heavy (non-hydrogen) atoms. The van der Waals surface area contributed by atoms with Gasteiger partial charge in [0.25, 0.3) is 0 Å². The van der Waals surface area contributed by atoms with Crippen LogP contribution in [0.5, 0.6) is 11.5 Å². The van der Waals surface area contributed by atoms with Crippen molar-refractivity contribution in [3.05, 3.63) is 30.1 Å². The highest BCUT2D eigenvalue weighted by Crippen LogP contribution is 2.35. The Morgan fingerprint density at radius 1 is 1.33 bits per heavy atom. The number of ether oxygens (including phenoxy) is 2. The molecule has 0 unspecified atom stereocenters. The number of hydrogen-bond donors (Lipinski definition) is 1. The number of fused-ring (bicyclic) bond motifs is 1. The van der Waals surface area contributed by atoms with Crippen LogP contribution >= 0.6 is 0 Å². The molecule has 128 valence electrons. The largest absolute Gasteiger partial charge is 0.490 e. The molecule has 1 aromatic carbocycles. The van der Waals surface area contributed by atoms with Crippen LogP contribution in [0.2, 0.25) is 0 Å². The molecule has 0 radical (unpaired) electrons. The molecule has 2 aromatic rings. The minimum absolute atomic E-state index is 0.0707. The fourth-order valence-electron chi connectivity index (χ4n) is 2.64. The van der Waals surface area contributed by atoms with E-state index in [4.69, 9.17) is 9.47 Å². The van der Waals surface area contributed by atoms with Gasteiger partial charge in [-0.1, -0.05) is 19.9 Å². The van der Waals surface area contributed by atoms with Gasteiger partial charge in [-0.05, 0) is 30.5 Å². The number of hydrogen-bond acceptors (Lipinski definition) is 5. The summed E-state index contributed by atoms with van der Waals surface area (Å²) >= 11 is 0. The second-order valence-electron chi connectivity index (χ2n) is 6.14. The summed E-state index contributed by atoms with van der Waals surface area (Å²) in [6, 6.07) is 5.57. The Hall–Kier alpha value is -2.57. The monoisotopic (exact) mass is 330 g/mol. The van der Waals surface area contributed by atoms with Crippen LogP contribution in [0.25, 0.3) is 0 Å². The number of rotatable bonds is 6. The van der Waals surface area contributed by atoms with Crippen molar-refractivity contribution in [3.8, 4) is 11.5 Å². The lowest BCUT2D eigenvalue weighted by Crippen LogP contribution is -2.29. The first-order valence-corrected chi connectivity index (χ1v) is 8.17. The number of nitrogens with one attached hydrogen (secondary N) is 1. The molecule has 0 spiro atoms. The van der Waals surface area contributed by atoms with E-state index in [1.54, 1.807) is 4.68 Å². The maximum atomic E-state index is 11.9. The quantitative estimate of drug-likeness (QED) is 0.881. The first kappa shape index (κ1) is 16.3. The van der Waals surface area contributed by atoms with Gasteiger partial charge in [0.05, 0.1) is 25.7 Å². The minimum Gasteiger partial charge on any atom is -0.490 e. The fourth-order valence-corrected chi connectivity index (χ4v) is 2.64. The number of anilines is 1. The zero-order valence-corrected chi connectivity index (χ0v) is 14.2. The first-order valence-electron chi connectivity index (χ1n) is 8.17. The highest BCUT2D eigenvalue weighted by molar-refractivity contribution is 5.91. The predicted octanol–water partition coefficient (Wildman–Crippen LogP) is 2.64. The van der Waals surface area contributed by atoms with E-state index in [1.807, 2.05) is 25.1 Å². The number of carbonyl (C=O) groups excluding carboxylic acids is 1. The Kier molecular flexibility index (Phi) is 4.69. The van der Waals surface area contributed by atoms with Crippen molar-refractivity contribution >= 4 is 11.9 Å². The Bertz CT molecular complexity index is 726. The van der Waals surface area contributed by atoms with E-state index in [2.05, 4.69) is 29.2 Å². The zero-order chi connectivity index (χ0) is 17.1. The highest BCUT2D eigenvalue weighted by atomic mass is 16.5. The van der Waals surface area contributed by atoms with Gasteiger partial charge in [-0.2, -0.15) is 10.1 Å². The fraction of sp³-hybridized carbons (Fsp3) is 0.471. The van der Waals surface area contributed by atoms with E-state index < -0.39 is 0 Å². The smallest absolute Gasteiger partial charge is 0.229 e. The number of benzene rings is 1. The number of carbonyl (C=O) groups is 1. The van der Waals surface area contributed by atoms with Crippen molar-refractivity contribution in [1.29, 1.82) is 0 Å². The van der Waals surface area contributed by atoms with Crippen molar-refractivity contribution in [1.82, 2.24) is 14.8 Å². The molecule has 3 rings (SSSR count). The number of aromatic nitrogens is 3. The van der Waals surface area contributed by atoms with Crippen molar-refractivity contribution in [2.75, 3.05) is 18.5 Å². The summed E-state index contributed by atoms with van der Waals surface area (Å²) in [6.45, 7) is 7.30. The lowest BCUT2D eigenvalue weighted by Gasteiger charge is -2.24. The highest BCUT2D eigenvalue weighted by Gasteiger charge is 2.28. The van der Waals surface area contributed by atoms with Crippen LogP contribution in [-0.4, -0.2) is 33.9 Å². The average molecular weight is 330 g/mol. The normalized spacial score (nSPS) is 16.7. The lowest BCUT2D eigenvalue weighted by molar-refractivity contribution is -0.117. The van der Waals surface area contributed by atoms with E-state index in [9.17, 15) is 4.79 Å². The van der Waals surface area contributed by atoms with Crippen molar-refractivity contribution in [2.45, 2.75) is 33.2 Å². The molecule has 1 N–H and O–H groups in total. The maximum Gasteiger partial charge on any atom is 0.229 e. The van der Waals surface area contributed by atoms with Crippen LogP contribution in [0.1, 0.15) is 38.8 Å². The molecule has 1 aliphatic rings. The molecule has 0 saturated carbocycles. The SMILES string of the molecule is CCOc1cc([C@H]2CC(=O)Nc3ncnn32)ccc1OCC(C)C. The van der Waals surface area contributed by atoms with E-state index in [0.717, 1.165) is 5.56 Å². The molecule has 7 nitrogen and oxygen atoms in total. The van der Waals surface area contributed by atoms with Gasteiger partial charge in [0.1, 0.15) is 6.33 Å². The summed E-state index contributed by atoms with van der Waals surface area (Å²) < 4.78 is 13.3. The summed E-state index contributed by atoms with van der Waals surface area (Å²) in [5.41, 5.74) is 0.942. The van der Waals surface area contributed by atoms with Crippen molar-refractivity contribution < 1.29 is 14.3 Å². The van der Waals surface area contributed by atoms with Gasteiger partial charge in [0, 0.05) is 0 Å². The molecule has 0 fully saturated rings. The summed E-state index contributed by atoms with van der Waals surface area (Å²) in [5.74, 6) is 2.23. The average Bonchev–Trinajstić information content (AvgIpc) is 3.01. The topological polar surface area (TPSA) is 78.3 Å². The Morgan fingerprint density at radius 2 is 2.17 bits per heavy atom. The van der Waals surface area contributed by atoms with Crippen LogP contribution in [0.4, 0.5) is 5.95 Å². The molecule has 0 bridgehead atoms. The Balaban J connectivity index is 1.92. The van der Waals surface area contributed by atoms with Crippen LogP contribution < -0.4 is 14.8 Å². The van der Waals surface area contributed by atoms with Crippen LogP contribution in [0.15, 0.2) is 24.5 Å². The summed E-state index contributed by atoms with van der Waals surface area (Å²) in [5, 5.41) is 6.94. The number of amides is 1. The summed E-state index contributed by atoms with van der Waals surface area (Å²) in [7, 11) is 0. The van der Waals surface area contributed by atoms with Crippen LogP contribution in [-0.2, 0) is 4.79 Å². The zero-order valence-electron chi connectivity index (χ0n) is 14.2. The third-order valence-electron chi connectivity index (χ3n) is 3.72.